The van der Waals surface area contributed by atoms with Gasteiger partial charge in [-0.25, -0.2) is 9.37 Å². The largest absolute Gasteiger partial charge is 0.360 e. The first-order valence-corrected chi connectivity index (χ1v) is 8.92. The Morgan fingerprint density at radius 3 is 2.61 bits per heavy atom. The molecule has 0 aliphatic carbocycles. The van der Waals surface area contributed by atoms with Crippen molar-refractivity contribution in [1.82, 2.24) is 9.97 Å². The monoisotopic (exact) mass is 374 g/mol. The van der Waals surface area contributed by atoms with Gasteiger partial charge in [0.2, 0.25) is 5.91 Å². The summed E-state index contributed by atoms with van der Waals surface area (Å²) in [4.78, 5) is 21.8. The van der Waals surface area contributed by atoms with Crippen molar-refractivity contribution in [2.45, 2.75) is 13.0 Å². The molecule has 1 atom stereocenters. The van der Waals surface area contributed by atoms with E-state index in [1.165, 1.54) is 17.0 Å². The number of hydrogen-bond donors (Lipinski definition) is 2. The van der Waals surface area contributed by atoms with Gasteiger partial charge in [-0.2, -0.15) is 0 Å². The van der Waals surface area contributed by atoms with Gasteiger partial charge in [0, 0.05) is 34.4 Å². The van der Waals surface area contributed by atoms with E-state index in [4.69, 9.17) is 5.73 Å². The Bertz CT molecular complexity index is 1120. The van der Waals surface area contributed by atoms with Gasteiger partial charge in [0.25, 0.3) is 0 Å². The maximum Gasteiger partial charge on any atom is 0.249 e. The van der Waals surface area contributed by atoms with Crippen molar-refractivity contribution in [1.29, 1.82) is 0 Å². The number of rotatable bonds is 4. The van der Waals surface area contributed by atoms with Crippen LogP contribution in [0.3, 0.4) is 0 Å². The second-order valence-electron chi connectivity index (χ2n) is 6.60. The highest BCUT2D eigenvalue weighted by molar-refractivity contribution is 6.02. The molecule has 4 rings (SSSR count). The summed E-state index contributed by atoms with van der Waals surface area (Å²) in [6.45, 7) is 1.65. The molecule has 0 aliphatic heterocycles. The SMILES string of the molecule is CC(N)C(=O)N(c1ccccc1)c1ccc(-c2c[nH]c3cc(F)ccc23)cn1. The number of carbonyl (C=O) groups excluding carboxylic acids is 1. The van der Waals surface area contributed by atoms with Gasteiger partial charge in [0.05, 0.1) is 11.7 Å². The summed E-state index contributed by atoms with van der Waals surface area (Å²) in [6.07, 6.45) is 3.52. The smallest absolute Gasteiger partial charge is 0.249 e. The molecule has 28 heavy (non-hydrogen) atoms. The third kappa shape index (κ3) is 3.25. The molecule has 1 amide bonds. The first-order valence-electron chi connectivity index (χ1n) is 8.92. The molecule has 3 N–H and O–H groups in total. The van der Waals surface area contributed by atoms with Crippen LogP contribution in [0.2, 0.25) is 0 Å². The van der Waals surface area contributed by atoms with E-state index in [2.05, 4.69) is 9.97 Å². The number of benzene rings is 2. The number of hydrogen-bond acceptors (Lipinski definition) is 3. The second kappa shape index (κ2) is 7.25. The fourth-order valence-electron chi connectivity index (χ4n) is 3.17. The van der Waals surface area contributed by atoms with Crippen LogP contribution in [-0.4, -0.2) is 21.9 Å². The Kier molecular flexibility index (Phi) is 4.63. The van der Waals surface area contributed by atoms with Gasteiger partial charge in [-0.1, -0.05) is 18.2 Å². The molecule has 0 saturated carbocycles. The fourth-order valence-corrected chi connectivity index (χ4v) is 3.17. The quantitative estimate of drug-likeness (QED) is 0.557. The molecule has 0 bridgehead atoms. The molecule has 0 saturated heterocycles. The van der Waals surface area contributed by atoms with Crippen LogP contribution in [-0.2, 0) is 4.79 Å². The number of anilines is 2. The number of H-pyrrole nitrogens is 1. The number of carbonyl (C=O) groups is 1. The molecule has 2 aromatic heterocycles. The summed E-state index contributed by atoms with van der Waals surface area (Å²) in [6, 6.07) is 16.9. The molecular formula is C22H19FN4O. The topological polar surface area (TPSA) is 75.0 Å². The van der Waals surface area contributed by atoms with Crippen molar-refractivity contribution < 1.29 is 9.18 Å². The van der Waals surface area contributed by atoms with Gasteiger partial charge in [-0.05, 0) is 49.4 Å². The lowest BCUT2D eigenvalue weighted by atomic mass is 10.1. The molecule has 0 aliphatic rings. The molecule has 2 aromatic carbocycles. The van der Waals surface area contributed by atoms with Crippen molar-refractivity contribution in [2.75, 3.05) is 4.90 Å². The number of halogens is 1. The van der Waals surface area contributed by atoms with E-state index in [0.29, 0.717) is 11.5 Å². The van der Waals surface area contributed by atoms with Crippen molar-refractivity contribution in [2.24, 2.45) is 5.73 Å². The number of nitrogens with zero attached hydrogens (tertiary/aromatic N) is 2. The Morgan fingerprint density at radius 2 is 1.93 bits per heavy atom. The number of pyridine rings is 1. The third-order valence-corrected chi connectivity index (χ3v) is 4.56. The van der Waals surface area contributed by atoms with Crippen LogP contribution < -0.4 is 10.6 Å². The van der Waals surface area contributed by atoms with Crippen LogP contribution in [0.15, 0.2) is 73.1 Å². The van der Waals surface area contributed by atoms with E-state index in [1.54, 1.807) is 25.3 Å². The average Bonchev–Trinajstić information content (AvgIpc) is 3.12. The Balaban J connectivity index is 1.73. The standard InChI is InChI=1S/C22H19FN4O/c1-14(24)22(28)27(17-5-3-2-4-6-17)21-10-7-15(12-26-21)19-13-25-20-11-16(23)8-9-18(19)20/h2-14,25H,24H2,1H3. The molecule has 0 spiro atoms. The predicted octanol–water partition coefficient (Wildman–Crippen LogP) is 4.38. The van der Waals surface area contributed by atoms with Crippen molar-refractivity contribution >= 4 is 28.3 Å². The minimum absolute atomic E-state index is 0.242. The van der Waals surface area contributed by atoms with Crippen LogP contribution in [0.4, 0.5) is 15.9 Å². The number of nitrogens with two attached hydrogens (primary N) is 1. The number of aromatic nitrogens is 2. The maximum absolute atomic E-state index is 13.4. The zero-order valence-electron chi connectivity index (χ0n) is 15.3. The first-order chi connectivity index (χ1) is 13.5. The molecule has 140 valence electrons. The van der Waals surface area contributed by atoms with Gasteiger partial charge in [-0.15, -0.1) is 0 Å². The van der Waals surface area contributed by atoms with Gasteiger partial charge < -0.3 is 10.7 Å². The number of aromatic amines is 1. The fraction of sp³-hybridized carbons (Fsp3) is 0.0909. The highest BCUT2D eigenvalue weighted by atomic mass is 19.1. The van der Waals surface area contributed by atoms with E-state index in [9.17, 15) is 9.18 Å². The second-order valence-corrected chi connectivity index (χ2v) is 6.60. The van der Waals surface area contributed by atoms with E-state index < -0.39 is 6.04 Å². The number of nitrogens with one attached hydrogen (secondary N) is 1. The minimum atomic E-state index is -0.662. The number of fused-ring (bicyclic) bond motifs is 1. The lowest BCUT2D eigenvalue weighted by molar-refractivity contribution is -0.118. The lowest BCUT2D eigenvalue weighted by Gasteiger charge is -2.23. The molecule has 0 radical (unpaired) electrons. The maximum atomic E-state index is 13.4. The van der Waals surface area contributed by atoms with E-state index in [0.717, 1.165) is 22.0 Å². The molecule has 0 fully saturated rings. The van der Waals surface area contributed by atoms with Crippen molar-refractivity contribution in [3.8, 4) is 11.1 Å². The molecule has 6 heteroatoms. The van der Waals surface area contributed by atoms with Crippen LogP contribution in [0.25, 0.3) is 22.0 Å². The first kappa shape index (κ1) is 17.9. The van der Waals surface area contributed by atoms with E-state index in [1.807, 2.05) is 42.6 Å². The summed E-state index contributed by atoms with van der Waals surface area (Å²) in [5.41, 5.74) is 9.04. The summed E-state index contributed by atoms with van der Waals surface area (Å²) in [5.74, 6) is -0.0422. The van der Waals surface area contributed by atoms with Crippen molar-refractivity contribution in [3.63, 3.8) is 0 Å². The summed E-state index contributed by atoms with van der Waals surface area (Å²) in [5, 5.41) is 0.905. The number of para-hydroxylation sites is 1. The highest BCUT2D eigenvalue weighted by Crippen LogP contribution is 2.31. The predicted molar refractivity (Wildman–Crippen MR) is 109 cm³/mol. The van der Waals surface area contributed by atoms with Crippen molar-refractivity contribution in [3.05, 3.63) is 78.9 Å². The highest BCUT2D eigenvalue weighted by Gasteiger charge is 2.22. The number of amides is 1. The zero-order valence-corrected chi connectivity index (χ0v) is 15.3. The average molecular weight is 374 g/mol. The van der Waals surface area contributed by atoms with Crippen LogP contribution in [0, 0.1) is 5.82 Å². The van der Waals surface area contributed by atoms with Gasteiger partial charge in [0.15, 0.2) is 0 Å². The van der Waals surface area contributed by atoms with Gasteiger partial charge in [0.1, 0.15) is 11.6 Å². The van der Waals surface area contributed by atoms with Crippen LogP contribution in [0.5, 0.6) is 0 Å². The Hall–Kier alpha value is -3.51. The lowest BCUT2D eigenvalue weighted by Crippen LogP contribution is -2.39. The summed E-state index contributed by atoms with van der Waals surface area (Å²) < 4.78 is 13.4. The minimum Gasteiger partial charge on any atom is -0.360 e. The van der Waals surface area contributed by atoms with E-state index in [-0.39, 0.29) is 11.7 Å². The van der Waals surface area contributed by atoms with E-state index >= 15 is 0 Å². The normalized spacial score (nSPS) is 12.1. The summed E-state index contributed by atoms with van der Waals surface area (Å²) in [7, 11) is 0. The molecule has 1 unspecified atom stereocenters. The molecular weight excluding hydrogens is 355 g/mol. The molecule has 5 nitrogen and oxygen atoms in total. The van der Waals surface area contributed by atoms with Gasteiger partial charge in [-0.3, -0.25) is 9.69 Å². The third-order valence-electron chi connectivity index (χ3n) is 4.56. The zero-order chi connectivity index (χ0) is 19.7. The van der Waals surface area contributed by atoms with Gasteiger partial charge >= 0.3 is 0 Å². The Morgan fingerprint density at radius 1 is 1.14 bits per heavy atom. The molecule has 2 heterocycles. The van der Waals surface area contributed by atoms with Crippen LogP contribution in [0.1, 0.15) is 6.92 Å². The molecule has 4 aromatic rings. The van der Waals surface area contributed by atoms with Crippen LogP contribution >= 0.6 is 0 Å². The summed E-state index contributed by atoms with van der Waals surface area (Å²) >= 11 is 0. The Labute approximate surface area is 161 Å².